The van der Waals surface area contributed by atoms with Crippen LogP contribution in [-0.4, -0.2) is 29.3 Å². The minimum atomic E-state index is -0.913. The van der Waals surface area contributed by atoms with Gasteiger partial charge in [0.25, 0.3) is 0 Å². The highest BCUT2D eigenvalue weighted by Gasteiger charge is 2.28. The van der Waals surface area contributed by atoms with Gasteiger partial charge in [-0.2, -0.15) is 0 Å². The van der Waals surface area contributed by atoms with Gasteiger partial charge >= 0.3 is 12.1 Å². The van der Waals surface area contributed by atoms with Crippen LogP contribution in [0.25, 0.3) is 0 Å². The van der Waals surface area contributed by atoms with E-state index in [9.17, 15) is 14.5 Å². The number of esters is 1. The maximum absolute atomic E-state index is 12.4. The van der Waals surface area contributed by atoms with Crippen molar-refractivity contribution in [1.82, 2.24) is 5.32 Å². The molecule has 0 fully saturated rings. The van der Waals surface area contributed by atoms with E-state index in [4.69, 9.17) is 9.47 Å². The molecule has 7 nitrogen and oxygen atoms in total. The molecule has 1 aromatic carbocycles. The molecule has 1 atom stereocenters. The van der Waals surface area contributed by atoms with E-state index in [1.54, 1.807) is 65.8 Å². The topological polar surface area (TPSA) is 94.1 Å². The van der Waals surface area contributed by atoms with Gasteiger partial charge in [0, 0.05) is 6.42 Å². The Bertz CT molecular complexity index is 612. The number of nitrogens with one attached hydrogen (secondary N) is 1. The summed E-state index contributed by atoms with van der Waals surface area (Å²) in [5.74, 6) is -0.559. The lowest BCUT2D eigenvalue weighted by molar-refractivity contribution is -0.157. The van der Waals surface area contributed by atoms with Gasteiger partial charge in [-0.3, -0.25) is 0 Å². The summed E-state index contributed by atoms with van der Waals surface area (Å²) in [6, 6.07) is 5.52. The van der Waals surface area contributed by atoms with Crippen LogP contribution in [0, 0.1) is 4.91 Å². The smallest absolute Gasteiger partial charge is 0.408 e. The maximum Gasteiger partial charge on any atom is 0.408 e. The van der Waals surface area contributed by atoms with Gasteiger partial charge < -0.3 is 14.8 Å². The Morgan fingerprint density at radius 3 is 1.96 bits per heavy atom. The Hall–Kier alpha value is -2.44. The van der Waals surface area contributed by atoms with Crippen LogP contribution in [0.5, 0.6) is 0 Å². The highest BCUT2D eigenvalue weighted by Crippen LogP contribution is 2.16. The number of amides is 1. The van der Waals surface area contributed by atoms with Crippen molar-refractivity contribution in [1.29, 1.82) is 0 Å². The van der Waals surface area contributed by atoms with E-state index in [2.05, 4.69) is 10.5 Å². The Labute approximate surface area is 148 Å². The number of rotatable bonds is 5. The standard InChI is InChI=1S/C18H26N2O5/c1-17(2,3)24-15(21)14(19-16(22)25-18(4,5)6)11-12-7-9-13(20-23)10-8-12/h7-10,14H,11H2,1-6H3,(H,19,22)/t14-/m0/s1. The first-order chi connectivity index (χ1) is 11.4. The number of benzene rings is 1. The maximum atomic E-state index is 12.4. The molecule has 0 spiro atoms. The van der Waals surface area contributed by atoms with Gasteiger partial charge in [-0.25, -0.2) is 9.59 Å². The number of alkyl carbamates (subject to hydrolysis) is 1. The largest absolute Gasteiger partial charge is 0.458 e. The van der Waals surface area contributed by atoms with Crippen molar-refractivity contribution in [2.75, 3.05) is 0 Å². The molecular weight excluding hydrogens is 324 g/mol. The van der Waals surface area contributed by atoms with E-state index < -0.39 is 29.3 Å². The molecule has 25 heavy (non-hydrogen) atoms. The Morgan fingerprint density at radius 1 is 1.00 bits per heavy atom. The molecule has 0 aliphatic heterocycles. The highest BCUT2D eigenvalue weighted by molar-refractivity contribution is 5.82. The van der Waals surface area contributed by atoms with E-state index in [0.717, 1.165) is 5.56 Å². The summed E-state index contributed by atoms with van der Waals surface area (Å²) in [5.41, 5.74) is -0.326. The monoisotopic (exact) mass is 350 g/mol. The summed E-state index contributed by atoms with van der Waals surface area (Å²) in [5, 5.41) is 5.38. The first-order valence-corrected chi connectivity index (χ1v) is 8.04. The van der Waals surface area contributed by atoms with Crippen molar-refractivity contribution >= 4 is 17.7 Å². The molecule has 0 unspecified atom stereocenters. The van der Waals surface area contributed by atoms with Gasteiger partial charge in [-0.15, -0.1) is 4.91 Å². The van der Waals surface area contributed by atoms with Crippen molar-refractivity contribution < 1.29 is 19.1 Å². The number of hydrogen-bond acceptors (Lipinski definition) is 6. The number of ether oxygens (including phenoxy) is 2. The first kappa shape index (κ1) is 20.6. The van der Waals surface area contributed by atoms with E-state index in [0.29, 0.717) is 0 Å². The second-order valence-corrected chi connectivity index (χ2v) is 7.69. The third-order valence-corrected chi connectivity index (χ3v) is 2.86. The van der Waals surface area contributed by atoms with Gasteiger partial charge in [0.15, 0.2) is 0 Å². The minimum Gasteiger partial charge on any atom is -0.458 e. The number of nitrogens with zero attached hydrogens (tertiary/aromatic N) is 1. The normalized spacial score (nSPS) is 12.9. The van der Waals surface area contributed by atoms with Crippen LogP contribution in [-0.2, 0) is 20.7 Å². The van der Waals surface area contributed by atoms with Crippen LogP contribution < -0.4 is 5.32 Å². The molecule has 1 N–H and O–H groups in total. The fourth-order valence-corrected chi connectivity index (χ4v) is 1.94. The molecule has 0 bridgehead atoms. The van der Waals surface area contributed by atoms with Gasteiger partial charge in [-0.1, -0.05) is 12.1 Å². The van der Waals surface area contributed by atoms with Gasteiger partial charge in [0.1, 0.15) is 22.9 Å². The lowest BCUT2D eigenvalue weighted by Gasteiger charge is -2.26. The molecule has 7 heteroatoms. The zero-order chi connectivity index (χ0) is 19.3. The first-order valence-electron chi connectivity index (χ1n) is 8.04. The zero-order valence-corrected chi connectivity index (χ0v) is 15.6. The van der Waals surface area contributed by atoms with Gasteiger partial charge in [0.05, 0.1) is 0 Å². The molecule has 0 aliphatic rings. The molecule has 138 valence electrons. The second kappa shape index (κ2) is 8.09. The molecule has 0 heterocycles. The minimum absolute atomic E-state index is 0.202. The summed E-state index contributed by atoms with van der Waals surface area (Å²) in [6.45, 7) is 10.5. The molecule has 0 saturated heterocycles. The SMILES string of the molecule is CC(C)(C)OC(=O)N[C@@H](Cc1ccc(N=O)cc1)C(=O)OC(C)(C)C. The molecule has 1 amide bonds. The zero-order valence-electron chi connectivity index (χ0n) is 15.6. The molecular formula is C18H26N2O5. The summed E-state index contributed by atoms with van der Waals surface area (Å²) < 4.78 is 10.6. The average molecular weight is 350 g/mol. The molecule has 1 rings (SSSR count). The average Bonchev–Trinajstić information content (AvgIpc) is 2.43. The van der Waals surface area contributed by atoms with E-state index in [1.807, 2.05) is 0 Å². The van der Waals surface area contributed by atoms with Gasteiger partial charge in [-0.05, 0) is 64.4 Å². The van der Waals surface area contributed by atoms with Crippen molar-refractivity contribution in [2.24, 2.45) is 5.18 Å². The molecule has 0 aliphatic carbocycles. The Balaban J connectivity index is 2.91. The fraction of sp³-hybridized carbons (Fsp3) is 0.556. The van der Waals surface area contributed by atoms with Gasteiger partial charge in [0.2, 0.25) is 0 Å². The highest BCUT2D eigenvalue weighted by atomic mass is 16.6. The van der Waals surface area contributed by atoms with Crippen LogP contribution in [0.1, 0.15) is 47.1 Å². The van der Waals surface area contributed by atoms with Crippen LogP contribution in [0.2, 0.25) is 0 Å². The van der Waals surface area contributed by atoms with E-state index in [-0.39, 0.29) is 12.1 Å². The number of carbonyl (C=O) groups excluding carboxylic acids is 2. The summed E-state index contributed by atoms with van der Waals surface area (Å²) >= 11 is 0. The molecule has 1 aromatic rings. The van der Waals surface area contributed by atoms with Crippen molar-refractivity contribution in [3.8, 4) is 0 Å². The van der Waals surface area contributed by atoms with Crippen LogP contribution in [0.4, 0.5) is 10.5 Å². The lowest BCUT2D eigenvalue weighted by Crippen LogP contribution is -2.47. The van der Waals surface area contributed by atoms with Crippen molar-refractivity contribution in [3.05, 3.63) is 34.7 Å². The lowest BCUT2D eigenvalue weighted by atomic mass is 10.1. The third-order valence-electron chi connectivity index (χ3n) is 2.86. The van der Waals surface area contributed by atoms with E-state index in [1.165, 1.54) is 0 Å². The summed E-state index contributed by atoms with van der Waals surface area (Å²) in [6.07, 6.45) is -0.498. The van der Waals surface area contributed by atoms with Crippen molar-refractivity contribution in [3.63, 3.8) is 0 Å². The van der Waals surface area contributed by atoms with Crippen LogP contribution in [0.15, 0.2) is 29.4 Å². The van der Waals surface area contributed by atoms with Crippen LogP contribution in [0.3, 0.4) is 0 Å². The quantitative estimate of drug-likeness (QED) is 0.643. The molecule has 0 radical (unpaired) electrons. The predicted octanol–water partition coefficient (Wildman–Crippen LogP) is 3.86. The van der Waals surface area contributed by atoms with Crippen LogP contribution >= 0.6 is 0 Å². The molecule has 0 saturated carbocycles. The second-order valence-electron chi connectivity index (χ2n) is 7.69. The van der Waals surface area contributed by atoms with Crippen molar-refractivity contribution in [2.45, 2.75) is 65.2 Å². The predicted molar refractivity (Wildman–Crippen MR) is 94.6 cm³/mol. The number of nitroso groups, excluding NO2 is 1. The third kappa shape index (κ3) is 8.28. The number of hydrogen-bond donors (Lipinski definition) is 1. The molecule has 0 aromatic heterocycles. The fourth-order valence-electron chi connectivity index (χ4n) is 1.94. The Morgan fingerprint density at radius 2 is 1.52 bits per heavy atom. The summed E-state index contributed by atoms with van der Waals surface area (Å²) in [7, 11) is 0. The number of carbonyl (C=O) groups is 2. The van der Waals surface area contributed by atoms with E-state index >= 15 is 0 Å². The Kier molecular flexibility index (Phi) is 6.67. The summed E-state index contributed by atoms with van der Waals surface area (Å²) in [4.78, 5) is 34.9.